The van der Waals surface area contributed by atoms with Crippen molar-refractivity contribution in [1.82, 2.24) is 14.3 Å². The fraction of sp³-hybridized carbons (Fsp3) is 0.227. The number of amides is 1. The lowest BCUT2D eigenvalue weighted by Crippen LogP contribution is -2.39. The van der Waals surface area contributed by atoms with Gasteiger partial charge < -0.3 is 5.73 Å². The van der Waals surface area contributed by atoms with E-state index in [0.29, 0.717) is 35.5 Å². The highest BCUT2D eigenvalue weighted by molar-refractivity contribution is 7.89. The molecule has 1 aromatic heterocycles. The Morgan fingerprint density at radius 1 is 1.10 bits per heavy atom. The number of primary amides is 1. The summed E-state index contributed by atoms with van der Waals surface area (Å²) in [6.07, 6.45) is 4.54. The van der Waals surface area contributed by atoms with E-state index in [1.54, 1.807) is 30.6 Å². The number of benzene rings is 2. The minimum Gasteiger partial charge on any atom is -0.366 e. The summed E-state index contributed by atoms with van der Waals surface area (Å²) in [6.45, 7) is 0.615. The first-order valence-electron chi connectivity index (χ1n) is 9.83. The van der Waals surface area contributed by atoms with Gasteiger partial charge in [-0.1, -0.05) is 12.1 Å². The lowest BCUT2D eigenvalue weighted by molar-refractivity contribution is 0.100. The van der Waals surface area contributed by atoms with Gasteiger partial charge in [-0.05, 0) is 49.2 Å². The Morgan fingerprint density at radius 3 is 2.58 bits per heavy atom. The van der Waals surface area contributed by atoms with Crippen LogP contribution in [0, 0.1) is 5.82 Å². The van der Waals surface area contributed by atoms with Crippen molar-refractivity contribution in [3.05, 3.63) is 78.0 Å². The van der Waals surface area contributed by atoms with Crippen molar-refractivity contribution in [3.63, 3.8) is 0 Å². The number of carbonyl (C=O) groups excluding carboxylic acids is 1. The van der Waals surface area contributed by atoms with Crippen LogP contribution in [0.5, 0.6) is 0 Å². The maximum Gasteiger partial charge on any atom is 0.248 e. The first-order valence-corrected chi connectivity index (χ1v) is 11.3. The Kier molecular flexibility index (Phi) is 5.79. The molecule has 1 amide bonds. The Labute approximate surface area is 179 Å². The van der Waals surface area contributed by atoms with Gasteiger partial charge in [0.25, 0.3) is 0 Å². The third-order valence-corrected chi connectivity index (χ3v) is 7.25. The summed E-state index contributed by atoms with van der Waals surface area (Å²) in [4.78, 5) is 20.6. The molecular weight excluding hydrogens is 419 g/mol. The van der Waals surface area contributed by atoms with Gasteiger partial charge in [-0.3, -0.25) is 14.8 Å². The van der Waals surface area contributed by atoms with Crippen LogP contribution in [0.4, 0.5) is 4.39 Å². The highest BCUT2D eigenvalue weighted by Crippen LogP contribution is 2.34. The van der Waals surface area contributed by atoms with Crippen LogP contribution in [-0.2, 0) is 10.0 Å². The van der Waals surface area contributed by atoms with Gasteiger partial charge in [0.2, 0.25) is 15.9 Å². The maximum absolute atomic E-state index is 13.2. The molecule has 3 aromatic rings. The predicted octanol–water partition coefficient (Wildman–Crippen LogP) is 2.95. The number of carbonyl (C=O) groups is 1. The number of aromatic nitrogens is 2. The van der Waals surface area contributed by atoms with Crippen LogP contribution < -0.4 is 5.73 Å². The molecule has 4 rings (SSSR count). The average Bonchev–Trinajstić information content (AvgIpc) is 2.79. The Morgan fingerprint density at radius 2 is 1.84 bits per heavy atom. The van der Waals surface area contributed by atoms with E-state index in [9.17, 15) is 17.6 Å². The van der Waals surface area contributed by atoms with Crippen LogP contribution in [0.1, 0.15) is 34.8 Å². The predicted molar refractivity (Wildman–Crippen MR) is 113 cm³/mol. The molecule has 0 bridgehead atoms. The molecule has 0 aliphatic carbocycles. The van der Waals surface area contributed by atoms with Crippen molar-refractivity contribution in [2.75, 3.05) is 13.1 Å². The number of nitrogens with two attached hydrogens (primary N) is 1. The van der Waals surface area contributed by atoms with Gasteiger partial charge in [0.15, 0.2) is 0 Å². The molecular formula is C22H21FN4O3S. The average molecular weight is 441 g/mol. The monoisotopic (exact) mass is 440 g/mol. The Hall–Kier alpha value is -3.17. The number of piperidine rings is 1. The molecule has 2 N–H and O–H groups in total. The van der Waals surface area contributed by atoms with Crippen LogP contribution >= 0.6 is 0 Å². The molecule has 0 spiro atoms. The van der Waals surface area contributed by atoms with Crippen LogP contribution in [0.2, 0.25) is 0 Å². The van der Waals surface area contributed by atoms with Gasteiger partial charge in [-0.2, -0.15) is 4.31 Å². The molecule has 1 aliphatic rings. The van der Waals surface area contributed by atoms with Crippen molar-refractivity contribution >= 4 is 15.9 Å². The molecule has 31 heavy (non-hydrogen) atoms. The van der Waals surface area contributed by atoms with Crippen molar-refractivity contribution in [3.8, 4) is 11.3 Å². The quantitative estimate of drug-likeness (QED) is 0.657. The summed E-state index contributed by atoms with van der Waals surface area (Å²) in [6, 6.07) is 11.7. The van der Waals surface area contributed by atoms with E-state index in [4.69, 9.17) is 5.73 Å². The number of sulfonamides is 1. The summed E-state index contributed by atoms with van der Waals surface area (Å²) >= 11 is 0. The van der Waals surface area contributed by atoms with E-state index in [0.717, 1.165) is 18.6 Å². The van der Waals surface area contributed by atoms with Gasteiger partial charge in [-0.25, -0.2) is 12.8 Å². The number of halogens is 1. The normalized spacial score (nSPS) is 17.4. The largest absolute Gasteiger partial charge is 0.366 e. The van der Waals surface area contributed by atoms with Crippen molar-refractivity contribution in [2.45, 2.75) is 23.7 Å². The summed E-state index contributed by atoms with van der Waals surface area (Å²) in [5.74, 6) is -1.20. The molecule has 1 fully saturated rings. The minimum atomic E-state index is -3.76. The molecule has 9 heteroatoms. The standard InChI is InChI=1S/C22H21FN4O3S/c23-18-6-8-19(9-7-18)31(29,30)27-12-2-5-17(14-27)21-20(25-10-11-26-21)15-3-1-4-16(13-15)22(24)28/h1,3-4,6-11,13,17H,2,5,12,14H2,(H2,24,28)/t17-/m0/s1. The van der Waals surface area contributed by atoms with Crippen molar-refractivity contribution in [2.24, 2.45) is 5.73 Å². The van der Waals surface area contributed by atoms with Gasteiger partial charge in [0.1, 0.15) is 5.82 Å². The lowest BCUT2D eigenvalue weighted by Gasteiger charge is -2.32. The second-order valence-corrected chi connectivity index (χ2v) is 9.33. The summed E-state index contributed by atoms with van der Waals surface area (Å²) in [7, 11) is -3.76. The molecule has 1 atom stereocenters. The van der Waals surface area contributed by atoms with Gasteiger partial charge in [0.05, 0.1) is 16.3 Å². The molecule has 1 saturated heterocycles. The van der Waals surface area contributed by atoms with E-state index >= 15 is 0 Å². The Bertz CT molecular complexity index is 1220. The van der Waals surface area contributed by atoms with Gasteiger partial charge in [0, 0.05) is 42.5 Å². The second-order valence-electron chi connectivity index (χ2n) is 7.39. The van der Waals surface area contributed by atoms with E-state index < -0.39 is 21.7 Å². The van der Waals surface area contributed by atoms with E-state index in [1.807, 2.05) is 6.07 Å². The smallest absolute Gasteiger partial charge is 0.248 e. The first-order chi connectivity index (χ1) is 14.9. The topological polar surface area (TPSA) is 106 Å². The first kappa shape index (κ1) is 21.1. The molecule has 0 unspecified atom stereocenters. The van der Waals surface area contributed by atoms with Crippen LogP contribution in [0.25, 0.3) is 11.3 Å². The SMILES string of the molecule is NC(=O)c1cccc(-c2nccnc2[C@H]2CCCN(S(=O)(=O)c3ccc(F)cc3)C2)c1. The third kappa shape index (κ3) is 4.33. The zero-order valence-electron chi connectivity index (χ0n) is 16.6. The van der Waals surface area contributed by atoms with Gasteiger partial charge in [-0.15, -0.1) is 0 Å². The number of nitrogens with zero attached hydrogens (tertiary/aromatic N) is 3. The fourth-order valence-electron chi connectivity index (χ4n) is 3.83. The second kappa shape index (κ2) is 8.52. The van der Waals surface area contributed by atoms with Crippen LogP contribution in [0.15, 0.2) is 65.8 Å². The molecule has 2 aromatic carbocycles. The van der Waals surface area contributed by atoms with Crippen molar-refractivity contribution < 1.29 is 17.6 Å². The van der Waals surface area contributed by atoms with Crippen LogP contribution in [0.3, 0.4) is 0 Å². The molecule has 2 heterocycles. The fourth-order valence-corrected chi connectivity index (χ4v) is 5.35. The number of hydrogen-bond donors (Lipinski definition) is 1. The van der Waals surface area contributed by atoms with Gasteiger partial charge >= 0.3 is 0 Å². The summed E-state index contributed by atoms with van der Waals surface area (Å²) in [5, 5.41) is 0. The molecule has 0 radical (unpaired) electrons. The third-order valence-electron chi connectivity index (χ3n) is 5.37. The number of rotatable bonds is 5. The summed E-state index contributed by atoms with van der Waals surface area (Å²) < 4.78 is 40.8. The zero-order valence-corrected chi connectivity index (χ0v) is 17.4. The molecule has 1 aliphatic heterocycles. The van der Waals surface area contributed by atoms with Crippen molar-refractivity contribution in [1.29, 1.82) is 0 Å². The highest BCUT2D eigenvalue weighted by Gasteiger charge is 2.32. The number of hydrogen-bond acceptors (Lipinski definition) is 5. The maximum atomic E-state index is 13.2. The van der Waals surface area contributed by atoms with E-state index in [2.05, 4.69) is 9.97 Å². The molecule has 7 nitrogen and oxygen atoms in total. The highest BCUT2D eigenvalue weighted by atomic mass is 32.2. The zero-order chi connectivity index (χ0) is 22.0. The lowest BCUT2D eigenvalue weighted by atomic mass is 9.92. The Balaban J connectivity index is 1.66. The molecule has 0 saturated carbocycles. The summed E-state index contributed by atoms with van der Waals surface area (Å²) in [5.41, 5.74) is 7.72. The molecule has 160 valence electrons. The van der Waals surface area contributed by atoms with E-state index in [1.165, 1.54) is 16.4 Å². The van der Waals surface area contributed by atoms with E-state index in [-0.39, 0.29) is 17.4 Å². The minimum absolute atomic E-state index is 0.0584. The van der Waals surface area contributed by atoms with Crippen LogP contribution in [-0.4, -0.2) is 41.7 Å².